The van der Waals surface area contributed by atoms with Gasteiger partial charge in [0.25, 0.3) is 5.56 Å². The van der Waals surface area contributed by atoms with Crippen LogP contribution in [0.5, 0.6) is 0 Å². The molecule has 0 amide bonds. The van der Waals surface area contributed by atoms with Crippen LogP contribution in [0.4, 0.5) is 5.82 Å². The summed E-state index contributed by atoms with van der Waals surface area (Å²) in [7, 11) is 0. The van der Waals surface area contributed by atoms with E-state index in [-0.39, 0.29) is 12.2 Å². The first-order chi connectivity index (χ1) is 6.25. The molecule has 0 radical (unpaired) electrons. The van der Waals surface area contributed by atoms with E-state index in [4.69, 9.17) is 9.94 Å². The number of hydrogen-bond donors (Lipinski definition) is 2. The smallest absolute Gasteiger partial charge is 0.252 e. The van der Waals surface area contributed by atoms with Gasteiger partial charge >= 0.3 is 0 Å². The third kappa shape index (κ3) is 1.68. The third-order valence-corrected chi connectivity index (χ3v) is 1.72. The summed E-state index contributed by atoms with van der Waals surface area (Å²) >= 11 is 0. The number of aromatic nitrogens is 2. The molecule has 2 N–H and O–H groups in total. The summed E-state index contributed by atoms with van der Waals surface area (Å²) in [5.74, 6) is 0.417. The predicted molar refractivity (Wildman–Crippen MR) is 44.2 cm³/mol. The van der Waals surface area contributed by atoms with Gasteiger partial charge in [0, 0.05) is 6.07 Å². The maximum Gasteiger partial charge on any atom is 0.252 e. The molecule has 0 aromatic carbocycles. The number of β-amino-alcohol motifs (C(OH)–C–C–N with tert-alkyl or cyclic N) is 1. The van der Waals surface area contributed by atoms with Crippen molar-refractivity contribution in [3.63, 3.8) is 0 Å². The van der Waals surface area contributed by atoms with Crippen LogP contribution in [0.1, 0.15) is 0 Å². The van der Waals surface area contributed by atoms with Gasteiger partial charge in [-0.15, -0.1) is 0 Å². The highest BCUT2D eigenvalue weighted by atomic mass is 16.7. The Morgan fingerprint density at radius 3 is 3.23 bits per heavy atom. The molecular weight excluding hydrogens is 174 g/mol. The predicted octanol–water partition coefficient (Wildman–Crippen LogP) is -1.12. The molecule has 1 fully saturated rings. The molecule has 0 bridgehead atoms. The molecule has 1 aromatic rings. The summed E-state index contributed by atoms with van der Waals surface area (Å²) in [6, 6.07) is 1.32. The number of nitrogens with one attached hydrogen (secondary N) is 1. The number of nitrogens with zero attached hydrogens (tertiary/aromatic N) is 2. The number of aromatic amines is 1. The number of rotatable bonds is 1. The molecule has 70 valence electrons. The molecule has 1 aliphatic rings. The fourth-order valence-corrected chi connectivity index (χ4v) is 1.13. The van der Waals surface area contributed by atoms with E-state index < -0.39 is 6.10 Å². The van der Waals surface area contributed by atoms with Crippen molar-refractivity contribution >= 4 is 5.82 Å². The minimum Gasteiger partial charge on any atom is -0.389 e. The van der Waals surface area contributed by atoms with E-state index in [1.165, 1.54) is 17.5 Å². The Kier molecular flexibility index (Phi) is 1.99. The van der Waals surface area contributed by atoms with E-state index in [0.717, 1.165) is 0 Å². The summed E-state index contributed by atoms with van der Waals surface area (Å²) in [4.78, 5) is 22.2. The Bertz CT molecular complexity index is 351. The molecule has 1 atom stereocenters. The first-order valence-electron chi connectivity index (χ1n) is 3.89. The normalized spacial score (nSPS) is 22.2. The van der Waals surface area contributed by atoms with Gasteiger partial charge in [0.05, 0.1) is 19.0 Å². The molecule has 1 aromatic heterocycles. The Balaban J connectivity index is 2.21. The number of aliphatic hydroxyl groups excluding tert-OH is 1. The van der Waals surface area contributed by atoms with Crippen LogP contribution in [0.15, 0.2) is 17.2 Å². The highest BCUT2D eigenvalue weighted by Crippen LogP contribution is 2.13. The zero-order valence-corrected chi connectivity index (χ0v) is 6.80. The number of aliphatic hydroxyl groups is 1. The lowest BCUT2D eigenvalue weighted by atomic mass is 10.4. The summed E-state index contributed by atoms with van der Waals surface area (Å²) in [6.07, 6.45) is 0.784. The van der Waals surface area contributed by atoms with Crippen LogP contribution in [-0.4, -0.2) is 34.3 Å². The molecule has 6 heteroatoms. The van der Waals surface area contributed by atoms with Crippen LogP contribution >= 0.6 is 0 Å². The Hall–Kier alpha value is -1.40. The maximum absolute atomic E-state index is 10.9. The average molecular weight is 183 g/mol. The quantitative estimate of drug-likeness (QED) is 0.576. The molecule has 2 heterocycles. The van der Waals surface area contributed by atoms with E-state index in [2.05, 4.69) is 9.97 Å². The SMILES string of the molecule is O=c1cc(N2CC(O)CO2)nc[nH]1. The van der Waals surface area contributed by atoms with Crippen molar-refractivity contribution in [2.24, 2.45) is 0 Å². The average Bonchev–Trinajstić information content (AvgIpc) is 2.52. The van der Waals surface area contributed by atoms with Gasteiger partial charge in [-0.2, -0.15) is 0 Å². The summed E-state index contributed by atoms with van der Waals surface area (Å²) in [5.41, 5.74) is -0.241. The molecule has 13 heavy (non-hydrogen) atoms. The van der Waals surface area contributed by atoms with Gasteiger partial charge in [0.15, 0.2) is 5.82 Å². The van der Waals surface area contributed by atoms with Crippen LogP contribution in [0.3, 0.4) is 0 Å². The summed E-state index contributed by atoms with van der Waals surface area (Å²) < 4.78 is 0. The number of H-pyrrole nitrogens is 1. The topological polar surface area (TPSA) is 78.5 Å². The van der Waals surface area contributed by atoms with E-state index in [1.54, 1.807) is 0 Å². The van der Waals surface area contributed by atoms with Gasteiger partial charge in [-0.1, -0.05) is 0 Å². The summed E-state index contributed by atoms with van der Waals surface area (Å²) in [6.45, 7) is 0.588. The van der Waals surface area contributed by atoms with Crippen LogP contribution in [0, 0.1) is 0 Å². The molecule has 0 spiro atoms. The first-order valence-corrected chi connectivity index (χ1v) is 3.89. The maximum atomic E-state index is 10.9. The monoisotopic (exact) mass is 183 g/mol. The minimum atomic E-state index is -0.513. The van der Waals surface area contributed by atoms with Gasteiger partial charge in [-0.3, -0.25) is 9.63 Å². The minimum absolute atomic E-state index is 0.241. The van der Waals surface area contributed by atoms with Crippen molar-refractivity contribution in [1.82, 2.24) is 9.97 Å². The van der Waals surface area contributed by atoms with Crippen molar-refractivity contribution in [3.8, 4) is 0 Å². The number of anilines is 1. The van der Waals surface area contributed by atoms with Crippen LogP contribution in [-0.2, 0) is 4.84 Å². The van der Waals surface area contributed by atoms with E-state index in [9.17, 15) is 4.79 Å². The highest BCUT2D eigenvalue weighted by Gasteiger charge is 2.22. The van der Waals surface area contributed by atoms with E-state index in [0.29, 0.717) is 12.4 Å². The Morgan fingerprint density at radius 1 is 1.77 bits per heavy atom. The largest absolute Gasteiger partial charge is 0.389 e. The van der Waals surface area contributed by atoms with Crippen LogP contribution in [0.2, 0.25) is 0 Å². The molecule has 1 unspecified atom stereocenters. The van der Waals surface area contributed by atoms with Crippen LogP contribution < -0.4 is 10.6 Å². The fourth-order valence-electron chi connectivity index (χ4n) is 1.13. The zero-order valence-electron chi connectivity index (χ0n) is 6.80. The Morgan fingerprint density at radius 2 is 2.62 bits per heavy atom. The van der Waals surface area contributed by atoms with Crippen molar-refractivity contribution in [3.05, 3.63) is 22.7 Å². The molecule has 0 saturated carbocycles. The van der Waals surface area contributed by atoms with E-state index in [1.807, 2.05) is 0 Å². The zero-order chi connectivity index (χ0) is 9.26. The van der Waals surface area contributed by atoms with Crippen LogP contribution in [0.25, 0.3) is 0 Å². The van der Waals surface area contributed by atoms with Crippen molar-refractivity contribution < 1.29 is 9.94 Å². The molecule has 0 aliphatic carbocycles. The summed E-state index contributed by atoms with van der Waals surface area (Å²) in [5, 5.41) is 10.6. The third-order valence-electron chi connectivity index (χ3n) is 1.72. The second kappa shape index (κ2) is 3.15. The van der Waals surface area contributed by atoms with Gasteiger partial charge < -0.3 is 10.1 Å². The lowest BCUT2D eigenvalue weighted by Gasteiger charge is -2.12. The lowest BCUT2D eigenvalue weighted by Crippen LogP contribution is -2.22. The standard InChI is InChI=1S/C7H9N3O3/c11-5-2-10(13-3-5)6-1-7(12)9-4-8-6/h1,4-5,11H,2-3H2,(H,8,9,12). The van der Waals surface area contributed by atoms with E-state index >= 15 is 0 Å². The molecule has 1 aliphatic heterocycles. The van der Waals surface area contributed by atoms with Gasteiger partial charge in [0.2, 0.25) is 0 Å². The second-order valence-corrected chi connectivity index (χ2v) is 2.78. The second-order valence-electron chi connectivity index (χ2n) is 2.78. The van der Waals surface area contributed by atoms with Gasteiger partial charge in [-0.25, -0.2) is 10.0 Å². The fraction of sp³-hybridized carbons (Fsp3) is 0.429. The van der Waals surface area contributed by atoms with Gasteiger partial charge in [-0.05, 0) is 0 Å². The first kappa shape index (κ1) is 8.21. The Labute approximate surface area is 73.7 Å². The van der Waals surface area contributed by atoms with Crippen molar-refractivity contribution in [1.29, 1.82) is 0 Å². The lowest BCUT2D eigenvalue weighted by molar-refractivity contribution is 0.115. The molecule has 2 rings (SSSR count). The molecular formula is C7H9N3O3. The van der Waals surface area contributed by atoms with Gasteiger partial charge in [0.1, 0.15) is 6.61 Å². The highest BCUT2D eigenvalue weighted by molar-refractivity contribution is 5.33. The number of hydroxylamine groups is 1. The molecule has 1 saturated heterocycles. The molecule has 6 nitrogen and oxygen atoms in total. The van der Waals surface area contributed by atoms with Crippen molar-refractivity contribution in [2.75, 3.05) is 18.2 Å². The van der Waals surface area contributed by atoms with Crippen molar-refractivity contribution in [2.45, 2.75) is 6.10 Å². The number of hydrogen-bond acceptors (Lipinski definition) is 5.